The van der Waals surface area contributed by atoms with Gasteiger partial charge in [0.05, 0.1) is 0 Å². The fraction of sp³-hybridized carbons (Fsp3) is 0.588. The maximum Gasteiger partial charge on any atom is 0.303 e. The van der Waals surface area contributed by atoms with Gasteiger partial charge in [-0.3, -0.25) is 14.4 Å². The predicted octanol–water partition coefficient (Wildman–Crippen LogP) is 1.71. The van der Waals surface area contributed by atoms with Gasteiger partial charge in [0.2, 0.25) is 0 Å². The SMILES string of the molecule is CC(=O)OC[C@H](/C=C/[C@@]1(O)C(C)=CC(=O)CC1(C)C)OC(C)=O. The first-order valence-corrected chi connectivity index (χ1v) is 7.42. The van der Waals surface area contributed by atoms with Gasteiger partial charge in [-0.1, -0.05) is 13.8 Å². The molecule has 0 amide bonds. The van der Waals surface area contributed by atoms with Crippen LogP contribution in [0.4, 0.5) is 0 Å². The van der Waals surface area contributed by atoms with Crippen LogP contribution in [-0.2, 0) is 23.9 Å². The third-order valence-electron chi connectivity index (χ3n) is 3.95. The molecule has 0 aromatic rings. The Morgan fingerprint density at radius 3 is 2.43 bits per heavy atom. The highest BCUT2D eigenvalue weighted by Gasteiger charge is 2.46. The average Bonchev–Trinajstić information content (AvgIpc) is 2.38. The molecule has 2 atom stereocenters. The van der Waals surface area contributed by atoms with E-state index in [9.17, 15) is 19.5 Å². The number of aliphatic hydroxyl groups is 1. The topological polar surface area (TPSA) is 89.9 Å². The van der Waals surface area contributed by atoms with Crippen molar-refractivity contribution >= 4 is 17.7 Å². The normalized spacial score (nSPS) is 25.0. The fourth-order valence-electron chi connectivity index (χ4n) is 2.65. The smallest absolute Gasteiger partial charge is 0.303 e. The molecule has 23 heavy (non-hydrogen) atoms. The van der Waals surface area contributed by atoms with Crippen LogP contribution < -0.4 is 0 Å². The second-order valence-corrected chi connectivity index (χ2v) is 6.43. The van der Waals surface area contributed by atoms with Crippen LogP contribution in [0.2, 0.25) is 0 Å². The minimum absolute atomic E-state index is 0.0398. The minimum Gasteiger partial charge on any atom is -0.462 e. The lowest BCUT2D eigenvalue weighted by Crippen LogP contribution is -2.48. The van der Waals surface area contributed by atoms with E-state index in [0.717, 1.165) is 0 Å². The van der Waals surface area contributed by atoms with Gasteiger partial charge in [0.25, 0.3) is 0 Å². The Balaban J connectivity index is 3.04. The second-order valence-electron chi connectivity index (χ2n) is 6.43. The maximum absolute atomic E-state index is 11.7. The molecule has 1 rings (SSSR count). The lowest BCUT2D eigenvalue weighted by molar-refractivity contribution is -0.153. The summed E-state index contributed by atoms with van der Waals surface area (Å²) in [5.41, 5.74) is -1.54. The van der Waals surface area contributed by atoms with E-state index in [0.29, 0.717) is 5.57 Å². The molecule has 128 valence electrons. The van der Waals surface area contributed by atoms with Crippen molar-refractivity contribution in [3.8, 4) is 0 Å². The van der Waals surface area contributed by atoms with Gasteiger partial charge in [-0.05, 0) is 30.7 Å². The Kier molecular flexibility index (Phi) is 5.88. The summed E-state index contributed by atoms with van der Waals surface area (Å²) in [5, 5.41) is 11.0. The molecule has 6 heteroatoms. The monoisotopic (exact) mass is 324 g/mol. The molecule has 1 aliphatic carbocycles. The zero-order chi connectivity index (χ0) is 17.8. The second kappa shape index (κ2) is 7.08. The first-order chi connectivity index (χ1) is 10.5. The summed E-state index contributed by atoms with van der Waals surface area (Å²) in [6.45, 7) is 7.62. The highest BCUT2D eigenvalue weighted by Crippen LogP contribution is 2.44. The third kappa shape index (κ3) is 4.76. The number of carbonyl (C=O) groups is 3. The number of ether oxygens (including phenoxy) is 2. The first kappa shape index (κ1) is 19.1. The van der Waals surface area contributed by atoms with Gasteiger partial charge in [0.1, 0.15) is 12.2 Å². The van der Waals surface area contributed by atoms with E-state index in [4.69, 9.17) is 9.47 Å². The van der Waals surface area contributed by atoms with E-state index in [1.54, 1.807) is 20.8 Å². The average molecular weight is 324 g/mol. The first-order valence-electron chi connectivity index (χ1n) is 7.42. The Bertz CT molecular complexity index is 557. The van der Waals surface area contributed by atoms with Crippen LogP contribution in [0, 0.1) is 5.41 Å². The number of carbonyl (C=O) groups excluding carboxylic acids is 3. The Labute approximate surface area is 136 Å². The van der Waals surface area contributed by atoms with Gasteiger partial charge in [-0.15, -0.1) is 0 Å². The molecule has 0 fully saturated rings. The number of esters is 2. The number of hydrogen-bond donors (Lipinski definition) is 1. The molecule has 0 heterocycles. The zero-order valence-electron chi connectivity index (χ0n) is 14.2. The van der Waals surface area contributed by atoms with Crippen molar-refractivity contribution in [3.63, 3.8) is 0 Å². The van der Waals surface area contributed by atoms with E-state index in [-0.39, 0.29) is 18.8 Å². The van der Waals surface area contributed by atoms with Crippen molar-refractivity contribution in [3.05, 3.63) is 23.8 Å². The van der Waals surface area contributed by atoms with Crippen molar-refractivity contribution in [1.82, 2.24) is 0 Å². The minimum atomic E-state index is -1.35. The lowest BCUT2D eigenvalue weighted by Gasteiger charge is -2.44. The van der Waals surface area contributed by atoms with Crippen LogP contribution >= 0.6 is 0 Å². The van der Waals surface area contributed by atoms with Crippen LogP contribution in [0.3, 0.4) is 0 Å². The van der Waals surface area contributed by atoms with Crippen molar-refractivity contribution in [2.24, 2.45) is 5.41 Å². The molecule has 0 saturated heterocycles. The Morgan fingerprint density at radius 2 is 1.96 bits per heavy atom. The molecule has 0 bridgehead atoms. The lowest BCUT2D eigenvalue weighted by atomic mass is 9.64. The van der Waals surface area contributed by atoms with Gasteiger partial charge in [-0.25, -0.2) is 0 Å². The van der Waals surface area contributed by atoms with Gasteiger partial charge >= 0.3 is 11.9 Å². The summed E-state index contributed by atoms with van der Waals surface area (Å²) in [5.74, 6) is -1.06. The fourth-order valence-corrected chi connectivity index (χ4v) is 2.65. The largest absolute Gasteiger partial charge is 0.462 e. The molecule has 0 unspecified atom stereocenters. The maximum atomic E-state index is 11.7. The molecule has 1 N–H and O–H groups in total. The van der Waals surface area contributed by atoms with Crippen LogP contribution in [0.15, 0.2) is 23.8 Å². The van der Waals surface area contributed by atoms with Crippen LogP contribution in [-0.4, -0.2) is 41.1 Å². The molecule has 6 nitrogen and oxygen atoms in total. The summed E-state index contributed by atoms with van der Waals surface area (Å²) in [4.78, 5) is 33.8. The summed E-state index contributed by atoms with van der Waals surface area (Å²) in [6.07, 6.45) is 3.80. The summed E-state index contributed by atoms with van der Waals surface area (Å²) < 4.78 is 9.92. The van der Waals surface area contributed by atoms with E-state index < -0.39 is 29.1 Å². The van der Waals surface area contributed by atoms with Crippen molar-refractivity contribution in [2.75, 3.05) is 6.61 Å². The molecule has 0 saturated carbocycles. The quantitative estimate of drug-likeness (QED) is 0.612. The number of allylic oxidation sites excluding steroid dienone is 1. The predicted molar refractivity (Wildman–Crippen MR) is 83.4 cm³/mol. The van der Waals surface area contributed by atoms with Crippen molar-refractivity contribution in [1.29, 1.82) is 0 Å². The number of rotatable bonds is 5. The molecule has 0 radical (unpaired) electrons. The standard InChI is InChI=1S/C17H24O6/c1-11-8-14(20)9-16(4,5)17(11,21)7-6-15(23-13(3)19)10-22-12(2)18/h6-8,15,21H,9-10H2,1-5H3/b7-6+/t15-,17+/m0/s1. The number of hydrogen-bond acceptors (Lipinski definition) is 6. The zero-order valence-corrected chi connectivity index (χ0v) is 14.2. The van der Waals surface area contributed by atoms with Crippen LogP contribution in [0.25, 0.3) is 0 Å². The van der Waals surface area contributed by atoms with Crippen LogP contribution in [0.1, 0.15) is 41.0 Å². The third-order valence-corrected chi connectivity index (χ3v) is 3.95. The van der Waals surface area contributed by atoms with Gasteiger partial charge < -0.3 is 14.6 Å². The summed E-state index contributed by atoms with van der Waals surface area (Å²) in [7, 11) is 0. The summed E-state index contributed by atoms with van der Waals surface area (Å²) >= 11 is 0. The highest BCUT2D eigenvalue weighted by atomic mass is 16.6. The molecule has 1 aliphatic rings. The van der Waals surface area contributed by atoms with E-state index in [1.807, 2.05) is 0 Å². The van der Waals surface area contributed by atoms with E-state index in [1.165, 1.54) is 32.1 Å². The van der Waals surface area contributed by atoms with Gasteiger partial charge in [-0.2, -0.15) is 0 Å². The van der Waals surface area contributed by atoms with E-state index in [2.05, 4.69) is 0 Å². The Morgan fingerprint density at radius 1 is 1.35 bits per heavy atom. The molecule has 0 aliphatic heterocycles. The molecular weight excluding hydrogens is 300 g/mol. The van der Waals surface area contributed by atoms with Crippen molar-refractivity contribution < 1.29 is 29.0 Å². The molecule has 0 aromatic heterocycles. The van der Waals surface area contributed by atoms with Gasteiger partial charge in [0, 0.05) is 25.7 Å². The molecule has 0 aromatic carbocycles. The molecular formula is C17H24O6. The number of ketones is 1. The highest BCUT2D eigenvalue weighted by molar-refractivity contribution is 5.92. The van der Waals surface area contributed by atoms with Crippen LogP contribution in [0.5, 0.6) is 0 Å². The Hall–Kier alpha value is -1.95. The van der Waals surface area contributed by atoms with E-state index >= 15 is 0 Å². The molecule has 0 spiro atoms. The van der Waals surface area contributed by atoms with Crippen molar-refractivity contribution in [2.45, 2.75) is 52.7 Å². The van der Waals surface area contributed by atoms with Gasteiger partial charge in [0.15, 0.2) is 11.9 Å². The summed E-state index contributed by atoms with van der Waals surface area (Å²) in [6, 6.07) is 0.